The van der Waals surface area contributed by atoms with Crippen LogP contribution < -0.4 is 21.5 Å². The molecule has 0 aliphatic rings. The van der Waals surface area contributed by atoms with Crippen LogP contribution in [0.3, 0.4) is 0 Å². The second-order valence-corrected chi connectivity index (χ2v) is 7.77. The molecule has 4 N–H and O–H groups in total. The van der Waals surface area contributed by atoms with Crippen LogP contribution >= 0.6 is 12.6 Å². The van der Waals surface area contributed by atoms with Gasteiger partial charge in [-0.1, -0.05) is 6.92 Å². The van der Waals surface area contributed by atoms with E-state index in [2.05, 4.69) is 38.5 Å². The van der Waals surface area contributed by atoms with Crippen LogP contribution in [-0.2, 0) is 14.4 Å². The van der Waals surface area contributed by atoms with E-state index in [1.54, 1.807) is 6.92 Å². The molecule has 1 rings (SSSR count). The smallest absolute Gasteiger partial charge is 0.251 e. The van der Waals surface area contributed by atoms with Gasteiger partial charge in [-0.15, -0.1) is 0 Å². The van der Waals surface area contributed by atoms with Gasteiger partial charge in [-0.2, -0.15) is 12.6 Å². The zero-order valence-corrected chi connectivity index (χ0v) is 18.8. The van der Waals surface area contributed by atoms with Crippen molar-refractivity contribution in [1.29, 1.82) is 0 Å². The zero-order valence-electron chi connectivity index (χ0n) is 17.9. The predicted octanol–water partition coefficient (Wildman–Crippen LogP) is 0.799. The van der Waals surface area contributed by atoms with Crippen LogP contribution in [0.25, 0.3) is 0 Å². The predicted molar refractivity (Wildman–Crippen MR) is 119 cm³/mol. The summed E-state index contributed by atoms with van der Waals surface area (Å²) in [5.41, 5.74) is 0.473. The van der Waals surface area contributed by atoms with Crippen LogP contribution in [0.2, 0.25) is 0 Å². The highest BCUT2D eigenvalue weighted by molar-refractivity contribution is 7.80. The van der Waals surface area contributed by atoms with E-state index in [-0.39, 0.29) is 29.2 Å². The van der Waals surface area contributed by atoms with Crippen molar-refractivity contribution in [3.8, 4) is 0 Å². The van der Waals surface area contributed by atoms with E-state index in [9.17, 15) is 19.2 Å². The van der Waals surface area contributed by atoms with Crippen molar-refractivity contribution >= 4 is 30.4 Å². The van der Waals surface area contributed by atoms with Gasteiger partial charge in [-0.05, 0) is 38.4 Å². The van der Waals surface area contributed by atoms with Crippen molar-refractivity contribution in [2.75, 3.05) is 18.8 Å². The molecule has 0 spiro atoms. The Morgan fingerprint density at radius 1 is 1.17 bits per heavy atom. The van der Waals surface area contributed by atoms with Crippen LogP contribution in [0.1, 0.15) is 63.4 Å². The van der Waals surface area contributed by atoms with Crippen LogP contribution in [-0.4, -0.2) is 52.6 Å². The molecular formula is C20H33N5O4S. The summed E-state index contributed by atoms with van der Waals surface area (Å²) in [6.45, 7) is 6.06. The van der Waals surface area contributed by atoms with Gasteiger partial charge in [0.15, 0.2) is 0 Å². The first-order valence-corrected chi connectivity index (χ1v) is 10.9. The topological polar surface area (TPSA) is 133 Å². The van der Waals surface area contributed by atoms with Crippen molar-refractivity contribution in [1.82, 2.24) is 25.9 Å². The molecule has 1 aromatic heterocycles. The Morgan fingerprint density at radius 2 is 1.83 bits per heavy atom. The average molecular weight is 440 g/mol. The first-order valence-electron chi connectivity index (χ1n) is 10.2. The van der Waals surface area contributed by atoms with Crippen LogP contribution in [0.5, 0.6) is 0 Å². The van der Waals surface area contributed by atoms with Gasteiger partial charge >= 0.3 is 0 Å². The number of hydrogen-bond acceptors (Lipinski definition) is 6. The van der Waals surface area contributed by atoms with Crippen molar-refractivity contribution in [2.24, 2.45) is 0 Å². The molecule has 0 saturated carbocycles. The maximum absolute atomic E-state index is 12.1. The van der Waals surface area contributed by atoms with Gasteiger partial charge in [0.2, 0.25) is 17.7 Å². The Labute approximate surface area is 182 Å². The number of aromatic nitrogens is 2. The molecule has 2 atom stereocenters. The largest absolute Gasteiger partial charge is 0.356 e. The Kier molecular flexibility index (Phi) is 11.8. The Balaban J connectivity index is 2.20. The van der Waals surface area contributed by atoms with Crippen LogP contribution in [0.15, 0.2) is 10.9 Å². The lowest BCUT2D eigenvalue weighted by atomic mass is 10.0. The van der Waals surface area contributed by atoms with E-state index in [1.807, 2.05) is 6.92 Å². The molecule has 1 heterocycles. The normalized spacial score (nSPS) is 12.7. The van der Waals surface area contributed by atoms with Crippen LogP contribution in [0.4, 0.5) is 0 Å². The third-order valence-corrected chi connectivity index (χ3v) is 4.75. The highest BCUT2D eigenvalue weighted by Crippen LogP contribution is 2.15. The number of carbonyl (C=O) groups excluding carboxylic acids is 3. The fraction of sp³-hybridized carbons (Fsp3) is 0.650. The summed E-state index contributed by atoms with van der Waals surface area (Å²) >= 11 is 4.10. The third kappa shape index (κ3) is 10.4. The molecule has 30 heavy (non-hydrogen) atoms. The number of nitrogens with one attached hydrogen (secondary N) is 4. The van der Waals surface area contributed by atoms with Gasteiger partial charge in [0.05, 0.1) is 0 Å². The number of aryl methyl sites for hydroxylation is 1. The summed E-state index contributed by atoms with van der Waals surface area (Å²) < 4.78 is 0. The molecule has 0 radical (unpaired) electrons. The van der Waals surface area contributed by atoms with Crippen molar-refractivity contribution in [3.05, 3.63) is 27.9 Å². The second-order valence-electron chi connectivity index (χ2n) is 7.33. The third-order valence-electron chi connectivity index (χ3n) is 4.50. The van der Waals surface area contributed by atoms with Gasteiger partial charge in [0.1, 0.15) is 11.9 Å². The molecule has 168 valence electrons. The minimum absolute atomic E-state index is 0.0209. The molecule has 2 unspecified atom stereocenters. The van der Waals surface area contributed by atoms with Gasteiger partial charge in [-0.3, -0.25) is 19.2 Å². The number of nitrogens with zero attached hydrogens (tertiary/aromatic N) is 1. The van der Waals surface area contributed by atoms with Gasteiger partial charge < -0.3 is 20.9 Å². The number of unbranched alkanes of at least 4 members (excludes halogenated alkanes) is 1. The van der Waals surface area contributed by atoms with Crippen molar-refractivity contribution in [2.45, 2.75) is 64.8 Å². The Bertz CT molecular complexity index is 768. The van der Waals surface area contributed by atoms with E-state index < -0.39 is 6.04 Å². The van der Waals surface area contributed by atoms with Crippen molar-refractivity contribution in [3.63, 3.8) is 0 Å². The molecular weight excluding hydrogens is 406 g/mol. The van der Waals surface area contributed by atoms with E-state index in [4.69, 9.17) is 0 Å². The molecule has 9 nitrogen and oxygen atoms in total. The number of rotatable bonds is 13. The fourth-order valence-electron chi connectivity index (χ4n) is 2.86. The first-order chi connectivity index (χ1) is 14.2. The van der Waals surface area contributed by atoms with Crippen molar-refractivity contribution < 1.29 is 14.4 Å². The molecule has 0 aromatic carbocycles. The highest BCUT2D eigenvalue weighted by Gasteiger charge is 2.17. The number of thiol groups is 1. The van der Waals surface area contributed by atoms with E-state index >= 15 is 0 Å². The summed E-state index contributed by atoms with van der Waals surface area (Å²) in [5, 5.41) is 8.26. The zero-order chi connectivity index (χ0) is 22.5. The van der Waals surface area contributed by atoms with E-state index in [0.29, 0.717) is 56.0 Å². The Morgan fingerprint density at radius 3 is 2.43 bits per heavy atom. The number of aromatic amines is 1. The number of hydrogen-bond donors (Lipinski definition) is 5. The van der Waals surface area contributed by atoms with Gasteiger partial charge in [0, 0.05) is 44.1 Å². The lowest BCUT2D eigenvalue weighted by molar-refractivity contribution is -0.128. The van der Waals surface area contributed by atoms with E-state index in [0.717, 1.165) is 6.42 Å². The summed E-state index contributed by atoms with van der Waals surface area (Å²) in [5.74, 6) is 0.546. The number of carbonyl (C=O) groups is 3. The standard InChI is InChI=1S/C20H33N5O4S/c1-13(19-23-14(2)12-18(28)25-19)6-7-17(27)21-9-4-5-10-22-20(29)16(8-11-30)24-15(3)26/h12-13,16,30H,4-11H2,1-3H3,(H,21,27)(H,22,29)(H,24,26)(H,23,25,28). The quantitative estimate of drug-likeness (QED) is 0.229. The Hall–Kier alpha value is -2.36. The second kappa shape index (κ2) is 13.8. The molecule has 0 bridgehead atoms. The number of amides is 3. The minimum atomic E-state index is -0.570. The summed E-state index contributed by atoms with van der Waals surface area (Å²) in [6, 6.07) is 0.866. The molecule has 0 aliphatic carbocycles. The molecule has 0 aliphatic heterocycles. The van der Waals surface area contributed by atoms with Gasteiger partial charge in [0.25, 0.3) is 5.56 Å². The SMILES string of the molecule is CC(=O)NC(CCS)C(=O)NCCCCNC(=O)CCC(C)c1nc(C)cc(=O)[nH]1. The minimum Gasteiger partial charge on any atom is -0.356 e. The maximum Gasteiger partial charge on any atom is 0.251 e. The highest BCUT2D eigenvalue weighted by atomic mass is 32.1. The first kappa shape index (κ1) is 25.7. The molecule has 10 heteroatoms. The summed E-state index contributed by atoms with van der Waals surface area (Å²) in [4.78, 5) is 53.7. The monoisotopic (exact) mass is 439 g/mol. The molecule has 0 fully saturated rings. The lowest BCUT2D eigenvalue weighted by Gasteiger charge is -2.16. The summed E-state index contributed by atoms with van der Waals surface area (Å²) in [7, 11) is 0. The van der Waals surface area contributed by atoms with Gasteiger partial charge in [-0.25, -0.2) is 4.98 Å². The van der Waals surface area contributed by atoms with Crippen LogP contribution in [0, 0.1) is 6.92 Å². The molecule has 1 aromatic rings. The molecule has 3 amide bonds. The average Bonchev–Trinajstić information content (AvgIpc) is 2.67. The lowest BCUT2D eigenvalue weighted by Crippen LogP contribution is -2.46. The maximum atomic E-state index is 12.1. The van der Waals surface area contributed by atoms with E-state index in [1.165, 1.54) is 13.0 Å². The fourth-order valence-corrected chi connectivity index (χ4v) is 3.12. The number of H-pyrrole nitrogens is 1. The molecule has 0 saturated heterocycles. The summed E-state index contributed by atoms with van der Waals surface area (Å²) in [6.07, 6.45) is 2.84.